The largest absolute Gasteiger partial charge is 0.469 e. The summed E-state index contributed by atoms with van der Waals surface area (Å²) >= 11 is 3.18. The SMILES string of the molecule is O=[N+]([O-])c1cc(Br)cnc1OC1CCCCCC1. The van der Waals surface area contributed by atoms with E-state index in [1.54, 1.807) is 0 Å². The van der Waals surface area contributed by atoms with Gasteiger partial charge in [0.2, 0.25) is 0 Å². The van der Waals surface area contributed by atoms with Crippen molar-refractivity contribution in [1.29, 1.82) is 0 Å². The monoisotopic (exact) mass is 314 g/mol. The molecule has 1 aromatic rings. The summed E-state index contributed by atoms with van der Waals surface area (Å²) in [6, 6.07) is 1.43. The van der Waals surface area contributed by atoms with Gasteiger partial charge in [0.15, 0.2) is 0 Å². The summed E-state index contributed by atoms with van der Waals surface area (Å²) in [6.07, 6.45) is 8.16. The quantitative estimate of drug-likeness (QED) is 0.483. The van der Waals surface area contributed by atoms with Crippen LogP contribution >= 0.6 is 15.9 Å². The maximum absolute atomic E-state index is 10.9. The number of nitro groups is 1. The molecule has 1 fully saturated rings. The second-order valence-corrected chi connectivity index (χ2v) is 5.38. The van der Waals surface area contributed by atoms with Crippen LogP contribution in [0.5, 0.6) is 5.88 Å². The summed E-state index contributed by atoms with van der Waals surface area (Å²) in [4.78, 5) is 14.5. The van der Waals surface area contributed by atoms with E-state index in [2.05, 4.69) is 20.9 Å². The summed E-state index contributed by atoms with van der Waals surface area (Å²) in [5, 5.41) is 10.9. The first-order valence-corrected chi connectivity index (χ1v) is 6.92. The molecule has 2 rings (SSSR count). The molecule has 18 heavy (non-hydrogen) atoms. The van der Waals surface area contributed by atoms with Crippen LogP contribution in [0.25, 0.3) is 0 Å². The van der Waals surface area contributed by atoms with Gasteiger partial charge < -0.3 is 4.74 Å². The van der Waals surface area contributed by atoms with Gasteiger partial charge in [-0.15, -0.1) is 0 Å². The standard InChI is InChI=1S/C12H15BrN2O3/c13-9-7-11(15(16)17)12(14-8-9)18-10-5-3-1-2-4-6-10/h7-8,10H,1-6H2. The van der Waals surface area contributed by atoms with Crippen LogP contribution in [0.15, 0.2) is 16.7 Å². The zero-order valence-corrected chi connectivity index (χ0v) is 11.6. The van der Waals surface area contributed by atoms with Crippen LogP contribution in [-0.4, -0.2) is 16.0 Å². The number of nitrogens with zero attached hydrogens (tertiary/aromatic N) is 2. The highest BCUT2D eigenvalue weighted by molar-refractivity contribution is 9.10. The smallest absolute Gasteiger partial charge is 0.332 e. The number of hydrogen-bond donors (Lipinski definition) is 0. The van der Waals surface area contributed by atoms with Gasteiger partial charge in [-0.25, -0.2) is 4.98 Å². The molecule has 0 atom stereocenters. The molecule has 1 aliphatic carbocycles. The summed E-state index contributed by atoms with van der Waals surface area (Å²) < 4.78 is 6.29. The third-order valence-electron chi connectivity index (χ3n) is 3.08. The van der Waals surface area contributed by atoms with Crippen LogP contribution in [0.1, 0.15) is 38.5 Å². The van der Waals surface area contributed by atoms with Gasteiger partial charge in [0.25, 0.3) is 5.88 Å². The molecule has 0 amide bonds. The molecule has 0 unspecified atom stereocenters. The van der Waals surface area contributed by atoms with Gasteiger partial charge >= 0.3 is 5.69 Å². The first-order chi connectivity index (χ1) is 8.66. The second-order valence-electron chi connectivity index (χ2n) is 4.47. The Morgan fingerprint density at radius 3 is 2.61 bits per heavy atom. The van der Waals surface area contributed by atoms with Crippen molar-refractivity contribution < 1.29 is 9.66 Å². The minimum absolute atomic E-state index is 0.0554. The Hall–Kier alpha value is -1.17. The molecule has 0 N–H and O–H groups in total. The summed E-state index contributed by atoms with van der Waals surface area (Å²) in [5.74, 6) is 0.134. The van der Waals surface area contributed by atoms with Crippen LogP contribution in [0.3, 0.4) is 0 Å². The molecular formula is C12H15BrN2O3. The number of hydrogen-bond acceptors (Lipinski definition) is 4. The first-order valence-electron chi connectivity index (χ1n) is 6.13. The maximum atomic E-state index is 10.9. The van der Waals surface area contributed by atoms with Crippen molar-refractivity contribution in [2.75, 3.05) is 0 Å². The van der Waals surface area contributed by atoms with E-state index in [0.717, 1.165) is 25.7 Å². The molecule has 0 spiro atoms. The van der Waals surface area contributed by atoms with Crippen LogP contribution in [0.4, 0.5) is 5.69 Å². The topological polar surface area (TPSA) is 65.3 Å². The highest BCUT2D eigenvalue weighted by Gasteiger charge is 2.22. The minimum atomic E-state index is -0.455. The number of pyridine rings is 1. The van der Waals surface area contributed by atoms with Gasteiger partial charge in [-0.3, -0.25) is 10.1 Å². The van der Waals surface area contributed by atoms with Crippen molar-refractivity contribution in [2.45, 2.75) is 44.6 Å². The van der Waals surface area contributed by atoms with Crippen molar-refractivity contribution in [1.82, 2.24) is 4.98 Å². The fourth-order valence-electron chi connectivity index (χ4n) is 2.16. The zero-order chi connectivity index (χ0) is 13.0. The van der Waals surface area contributed by atoms with Gasteiger partial charge in [-0.1, -0.05) is 12.8 Å². The number of aromatic nitrogens is 1. The Balaban J connectivity index is 2.14. The highest BCUT2D eigenvalue weighted by atomic mass is 79.9. The van der Waals surface area contributed by atoms with E-state index in [-0.39, 0.29) is 17.7 Å². The lowest BCUT2D eigenvalue weighted by molar-refractivity contribution is -0.386. The molecule has 5 nitrogen and oxygen atoms in total. The van der Waals surface area contributed by atoms with Crippen molar-refractivity contribution in [3.05, 3.63) is 26.9 Å². The predicted molar refractivity (Wildman–Crippen MR) is 70.7 cm³/mol. The van der Waals surface area contributed by atoms with Crippen molar-refractivity contribution in [3.8, 4) is 5.88 Å². The molecule has 98 valence electrons. The predicted octanol–water partition coefficient (Wildman–Crippen LogP) is 3.85. The molecule has 1 aromatic heterocycles. The second kappa shape index (κ2) is 6.13. The van der Waals surface area contributed by atoms with E-state index < -0.39 is 4.92 Å². The van der Waals surface area contributed by atoms with E-state index >= 15 is 0 Å². The van der Waals surface area contributed by atoms with E-state index in [9.17, 15) is 10.1 Å². The molecule has 0 aliphatic heterocycles. The maximum Gasteiger partial charge on any atom is 0.332 e. The van der Waals surface area contributed by atoms with Crippen LogP contribution < -0.4 is 4.74 Å². The zero-order valence-electron chi connectivity index (χ0n) is 9.97. The first kappa shape index (κ1) is 13.3. The average molecular weight is 315 g/mol. The van der Waals surface area contributed by atoms with Gasteiger partial charge in [0, 0.05) is 16.7 Å². The minimum Gasteiger partial charge on any atom is -0.469 e. The highest BCUT2D eigenvalue weighted by Crippen LogP contribution is 2.30. The molecule has 0 aromatic carbocycles. The normalized spacial score (nSPS) is 17.2. The molecule has 0 radical (unpaired) electrons. The van der Waals surface area contributed by atoms with E-state index in [1.807, 2.05) is 0 Å². The lowest BCUT2D eigenvalue weighted by Crippen LogP contribution is -2.16. The molecule has 1 heterocycles. The Labute approximate surface area is 114 Å². The van der Waals surface area contributed by atoms with Crippen LogP contribution in [0.2, 0.25) is 0 Å². The molecule has 0 saturated heterocycles. The Morgan fingerprint density at radius 1 is 1.33 bits per heavy atom. The third kappa shape index (κ3) is 3.41. The third-order valence-corrected chi connectivity index (χ3v) is 3.51. The number of ether oxygens (including phenoxy) is 1. The molecular weight excluding hydrogens is 300 g/mol. The Morgan fingerprint density at radius 2 is 2.00 bits per heavy atom. The molecule has 0 bridgehead atoms. The van der Waals surface area contributed by atoms with Gasteiger partial charge in [0.1, 0.15) is 6.10 Å². The lowest BCUT2D eigenvalue weighted by atomic mass is 10.1. The summed E-state index contributed by atoms with van der Waals surface area (Å²) in [7, 11) is 0. The van der Waals surface area contributed by atoms with Gasteiger partial charge in [-0.2, -0.15) is 0 Å². The molecule has 1 saturated carbocycles. The molecule has 6 heteroatoms. The fraction of sp³-hybridized carbons (Fsp3) is 0.583. The summed E-state index contributed by atoms with van der Waals surface area (Å²) in [6.45, 7) is 0. The van der Waals surface area contributed by atoms with Crippen LogP contribution in [0, 0.1) is 10.1 Å². The Bertz CT molecular complexity index is 431. The van der Waals surface area contributed by atoms with Gasteiger partial charge in [0.05, 0.1) is 4.92 Å². The van der Waals surface area contributed by atoms with Crippen molar-refractivity contribution >= 4 is 21.6 Å². The lowest BCUT2D eigenvalue weighted by Gasteiger charge is -2.15. The van der Waals surface area contributed by atoms with Crippen molar-refractivity contribution in [2.24, 2.45) is 0 Å². The van der Waals surface area contributed by atoms with Crippen LogP contribution in [-0.2, 0) is 0 Å². The van der Waals surface area contributed by atoms with E-state index in [4.69, 9.17) is 4.74 Å². The summed E-state index contributed by atoms with van der Waals surface area (Å²) in [5.41, 5.74) is -0.0754. The Kier molecular flexibility index (Phi) is 4.52. The van der Waals surface area contributed by atoms with E-state index in [0.29, 0.717) is 4.47 Å². The van der Waals surface area contributed by atoms with Gasteiger partial charge in [-0.05, 0) is 41.6 Å². The number of halogens is 1. The fourth-order valence-corrected chi connectivity index (χ4v) is 2.47. The number of rotatable bonds is 3. The average Bonchev–Trinajstić information content (AvgIpc) is 2.60. The molecule has 1 aliphatic rings. The van der Waals surface area contributed by atoms with Crippen molar-refractivity contribution in [3.63, 3.8) is 0 Å². The van der Waals surface area contributed by atoms with E-state index in [1.165, 1.54) is 25.1 Å².